The van der Waals surface area contributed by atoms with E-state index in [1.165, 1.54) is 206 Å². The molecule has 0 bridgehead atoms. The first kappa shape index (κ1) is 53.8. The van der Waals surface area contributed by atoms with E-state index >= 15 is 0 Å². The third kappa shape index (κ3) is 11.8. The van der Waals surface area contributed by atoms with E-state index in [9.17, 15) is 0 Å². The van der Waals surface area contributed by atoms with Crippen molar-refractivity contribution >= 4 is 55.2 Å². The van der Waals surface area contributed by atoms with Crippen molar-refractivity contribution in [3.05, 3.63) is 222 Å². The summed E-state index contributed by atoms with van der Waals surface area (Å²) in [6.45, 7) is 9.34. The standard InChI is InChI=1S/C72H80Br2/c1-5-9-13-21-45-71(46-22-14-10-6-2)67-27-19-17-25-61(67)63-43-37-57(51-69(63)71)65(49-53-29-39-59(73)40-30-53)55-33-35-56(36-34-55)66(50-54-31-41-60(74)42-32-54)58-38-44-64-62-26-18-20-28-68(62)72(70(64)52-58,47-23-15-11-7-3)48-24-16-12-8-4/h17-20,25-44,49-52H,5-16,21-24,45-48H2,1-4H3/b65-49-,66-50-. The van der Waals surface area contributed by atoms with Crippen LogP contribution in [0.4, 0.5) is 0 Å². The molecule has 7 aromatic rings. The Morgan fingerprint density at radius 3 is 0.973 bits per heavy atom. The molecule has 0 spiro atoms. The molecule has 0 unspecified atom stereocenters. The minimum absolute atomic E-state index is 0.0164. The highest BCUT2D eigenvalue weighted by atomic mass is 79.9. The third-order valence-corrected chi connectivity index (χ3v) is 17.9. The zero-order valence-electron chi connectivity index (χ0n) is 45.1. The maximum Gasteiger partial charge on any atom is 0.0215 e. The van der Waals surface area contributed by atoms with Crippen LogP contribution in [-0.4, -0.2) is 0 Å². The topological polar surface area (TPSA) is 0 Å². The molecule has 0 N–H and O–H groups in total. The molecule has 0 nitrogen and oxygen atoms in total. The Balaban J connectivity index is 1.16. The highest BCUT2D eigenvalue weighted by Gasteiger charge is 2.44. The molecule has 2 aliphatic carbocycles. The van der Waals surface area contributed by atoms with E-state index in [2.05, 4.69) is 229 Å². The Bertz CT molecular complexity index is 2770. The summed E-state index contributed by atoms with van der Waals surface area (Å²) in [5, 5.41) is 0. The fourth-order valence-corrected chi connectivity index (χ4v) is 13.5. The van der Waals surface area contributed by atoms with Crippen molar-refractivity contribution in [3.63, 3.8) is 0 Å². The number of benzene rings is 7. The Labute approximate surface area is 463 Å². The van der Waals surface area contributed by atoms with E-state index in [0.29, 0.717) is 0 Å². The normalized spacial score (nSPS) is 14.2. The molecule has 0 atom stereocenters. The van der Waals surface area contributed by atoms with Gasteiger partial charge in [-0.2, -0.15) is 0 Å². The van der Waals surface area contributed by atoms with Crippen LogP contribution in [0.3, 0.4) is 0 Å². The Morgan fingerprint density at radius 2 is 0.635 bits per heavy atom. The molecule has 9 rings (SSSR count). The van der Waals surface area contributed by atoms with Crippen LogP contribution in [-0.2, 0) is 10.8 Å². The highest BCUT2D eigenvalue weighted by molar-refractivity contribution is 9.10. The molecule has 0 aromatic heterocycles. The zero-order chi connectivity index (χ0) is 51.3. The van der Waals surface area contributed by atoms with Crippen LogP contribution in [0.5, 0.6) is 0 Å². The molecule has 7 aromatic carbocycles. The van der Waals surface area contributed by atoms with Gasteiger partial charge in [-0.15, -0.1) is 0 Å². The lowest BCUT2D eigenvalue weighted by Crippen LogP contribution is -2.25. The van der Waals surface area contributed by atoms with Crippen LogP contribution >= 0.6 is 31.9 Å². The second-order valence-electron chi connectivity index (χ2n) is 21.8. The summed E-state index contributed by atoms with van der Waals surface area (Å²) in [5.74, 6) is 0. The lowest BCUT2D eigenvalue weighted by molar-refractivity contribution is 0.401. The van der Waals surface area contributed by atoms with E-state index in [4.69, 9.17) is 0 Å². The van der Waals surface area contributed by atoms with Crippen molar-refractivity contribution in [2.24, 2.45) is 0 Å². The summed E-state index contributed by atoms with van der Waals surface area (Å²) in [6, 6.07) is 61.0. The largest absolute Gasteiger partial charge is 0.0654 e. The Morgan fingerprint density at radius 1 is 0.324 bits per heavy atom. The molecule has 2 heteroatoms. The number of fused-ring (bicyclic) bond motifs is 6. The van der Waals surface area contributed by atoms with Crippen LogP contribution in [0.1, 0.15) is 212 Å². The summed E-state index contributed by atoms with van der Waals surface area (Å²) in [6.07, 6.45) is 30.1. The van der Waals surface area contributed by atoms with Crippen LogP contribution in [0.15, 0.2) is 167 Å². The van der Waals surface area contributed by atoms with Crippen molar-refractivity contribution in [1.82, 2.24) is 0 Å². The Kier molecular flexibility index (Phi) is 18.7. The van der Waals surface area contributed by atoms with Crippen LogP contribution in [0, 0.1) is 0 Å². The maximum absolute atomic E-state index is 3.73. The molecule has 0 heterocycles. The molecule has 0 amide bonds. The number of unbranched alkanes of at least 4 members (excludes halogenated alkanes) is 12. The van der Waals surface area contributed by atoms with Crippen molar-refractivity contribution < 1.29 is 0 Å². The van der Waals surface area contributed by atoms with Gasteiger partial charge in [0.25, 0.3) is 0 Å². The highest BCUT2D eigenvalue weighted by Crippen LogP contribution is 2.57. The van der Waals surface area contributed by atoms with Gasteiger partial charge >= 0.3 is 0 Å². The van der Waals surface area contributed by atoms with E-state index in [1.807, 2.05) is 0 Å². The molecular weight excluding hydrogens is 1020 g/mol. The number of hydrogen-bond acceptors (Lipinski definition) is 0. The van der Waals surface area contributed by atoms with Gasteiger partial charge in [0.05, 0.1) is 0 Å². The molecule has 0 fully saturated rings. The summed E-state index contributed by atoms with van der Waals surface area (Å²) in [5.41, 5.74) is 21.9. The van der Waals surface area contributed by atoms with Crippen molar-refractivity contribution in [2.45, 2.75) is 167 Å². The molecule has 0 saturated heterocycles. The van der Waals surface area contributed by atoms with E-state index in [1.54, 1.807) is 11.1 Å². The van der Waals surface area contributed by atoms with E-state index in [-0.39, 0.29) is 10.8 Å². The first-order valence-corrected chi connectivity index (χ1v) is 30.5. The molecule has 0 aliphatic heterocycles. The Hall–Kier alpha value is -5.02. The monoisotopic (exact) mass is 1100 g/mol. The molecular formula is C72H80Br2. The predicted molar refractivity (Wildman–Crippen MR) is 329 cm³/mol. The number of hydrogen-bond donors (Lipinski definition) is 0. The quantitative estimate of drug-likeness (QED) is 0.0374. The first-order valence-electron chi connectivity index (χ1n) is 28.9. The lowest BCUT2D eigenvalue weighted by Gasteiger charge is -2.33. The lowest BCUT2D eigenvalue weighted by atomic mass is 9.70. The fraction of sp³-hybridized carbons (Fsp3) is 0.361. The molecule has 382 valence electrons. The van der Waals surface area contributed by atoms with Crippen molar-refractivity contribution in [2.75, 3.05) is 0 Å². The second-order valence-corrected chi connectivity index (χ2v) is 23.6. The van der Waals surface area contributed by atoms with Gasteiger partial charge in [-0.1, -0.05) is 284 Å². The predicted octanol–water partition coefficient (Wildman–Crippen LogP) is 22.8. The van der Waals surface area contributed by atoms with Gasteiger partial charge < -0.3 is 0 Å². The maximum atomic E-state index is 3.73. The fourth-order valence-electron chi connectivity index (χ4n) is 12.9. The van der Waals surface area contributed by atoms with Gasteiger partial charge in [0.15, 0.2) is 0 Å². The average Bonchev–Trinajstić information content (AvgIpc) is 3.86. The summed E-state index contributed by atoms with van der Waals surface area (Å²) < 4.78 is 2.19. The summed E-state index contributed by atoms with van der Waals surface area (Å²) in [4.78, 5) is 0. The zero-order valence-corrected chi connectivity index (χ0v) is 48.2. The van der Waals surface area contributed by atoms with E-state index < -0.39 is 0 Å². The van der Waals surface area contributed by atoms with Crippen molar-refractivity contribution in [3.8, 4) is 22.3 Å². The third-order valence-electron chi connectivity index (χ3n) is 16.9. The van der Waals surface area contributed by atoms with Crippen LogP contribution < -0.4 is 0 Å². The smallest absolute Gasteiger partial charge is 0.0215 e. The van der Waals surface area contributed by atoms with Crippen molar-refractivity contribution in [1.29, 1.82) is 0 Å². The van der Waals surface area contributed by atoms with Gasteiger partial charge in [-0.25, -0.2) is 0 Å². The van der Waals surface area contributed by atoms with Gasteiger partial charge in [-0.3, -0.25) is 0 Å². The second kappa shape index (κ2) is 25.7. The number of halogens is 2. The minimum atomic E-state index is 0.0164. The summed E-state index contributed by atoms with van der Waals surface area (Å²) >= 11 is 7.45. The average molecular weight is 1110 g/mol. The first-order chi connectivity index (χ1) is 36.3. The SMILES string of the molecule is CCCCCCC1(CCCCCC)c2ccccc2-c2ccc(/C(=C\c3ccc(Br)cc3)c3ccc(/C(=C/c4ccc(Br)cc4)c4ccc5c(c4)C(CCCCCC)(CCCCCC)c4ccccc4-5)cc3)cc21. The van der Waals surface area contributed by atoms with Crippen LogP contribution in [0.25, 0.3) is 45.6 Å². The minimum Gasteiger partial charge on any atom is -0.0654 e. The van der Waals surface area contributed by atoms with Gasteiger partial charge in [-0.05, 0) is 163 Å². The molecule has 0 radical (unpaired) electrons. The van der Waals surface area contributed by atoms with Crippen LogP contribution in [0.2, 0.25) is 0 Å². The van der Waals surface area contributed by atoms with E-state index in [0.717, 1.165) is 8.95 Å². The van der Waals surface area contributed by atoms with Gasteiger partial charge in [0.1, 0.15) is 0 Å². The van der Waals surface area contributed by atoms with Gasteiger partial charge in [0.2, 0.25) is 0 Å². The van der Waals surface area contributed by atoms with Gasteiger partial charge in [0, 0.05) is 19.8 Å². The molecule has 0 saturated carbocycles. The molecule has 74 heavy (non-hydrogen) atoms. The number of rotatable bonds is 26. The summed E-state index contributed by atoms with van der Waals surface area (Å²) in [7, 11) is 0. The molecule has 2 aliphatic rings.